The molecule has 4 heterocycles. The highest BCUT2D eigenvalue weighted by atomic mass is 31.2. The highest BCUT2D eigenvalue weighted by Gasteiger charge is 2.52. The maximum absolute atomic E-state index is 11.8. The van der Waals surface area contributed by atoms with Crippen LogP contribution in [0.15, 0.2) is 17.2 Å². The van der Waals surface area contributed by atoms with E-state index < -0.39 is 37.9 Å². The number of nitrogen functional groups attached to an aromatic ring is 1. The van der Waals surface area contributed by atoms with E-state index in [1.807, 2.05) is 0 Å². The van der Waals surface area contributed by atoms with Crippen LogP contribution in [0.2, 0.25) is 0 Å². The second kappa shape index (κ2) is 4.87. The Kier molecular flexibility index (Phi) is 3.14. The lowest BCUT2D eigenvalue weighted by Crippen LogP contribution is -2.39. The molecule has 0 amide bonds. The number of nitrogens with one attached hydrogen (secondary N) is 1. The van der Waals surface area contributed by atoms with Crippen LogP contribution in [0.5, 0.6) is 0 Å². The number of hydrogen-bond acceptors (Lipinski definition) is 8. The van der Waals surface area contributed by atoms with E-state index in [4.69, 9.17) is 15.0 Å². The second-order valence-corrected chi connectivity index (χ2v) is 6.74. The van der Waals surface area contributed by atoms with Crippen LogP contribution in [-0.2, 0) is 18.3 Å². The first kappa shape index (κ1) is 14.8. The van der Waals surface area contributed by atoms with Gasteiger partial charge < -0.3 is 30.0 Å². The molecule has 0 radical (unpaired) electrons. The van der Waals surface area contributed by atoms with Crippen molar-refractivity contribution in [2.45, 2.75) is 24.5 Å². The van der Waals surface area contributed by atoms with Gasteiger partial charge in [-0.1, -0.05) is 0 Å². The molecule has 5 N–H and O–H groups in total. The van der Waals surface area contributed by atoms with E-state index in [0.29, 0.717) is 5.52 Å². The van der Waals surface area contributed by atoms with E-state index in [1.165, 1.54) is 17.0 Å². The molecule has 0 saturated carbocycles. The van der Waals surface area contributed by atoms with Gasteiger partial charge in [0.15, 0.2) is 11.7 Å². The number of aliphatic hydroxyl groups is 1. The topological polar surface area (TPSA) is 162 Å². The first-order valence-electron chi connectivity index (χ1n) is 6.70. The number of nitrogens with zero attached hydrogens (tertiary/aromatic N) is 2. The minimum absolute atomic E-state index is 0.133. The Morgan fingerprint density at radius 1 is 1.52 bits per heavy atom. The maximum Gasteiger partial charge on any atom is 0.472 e. The van der Waals surface area contributed by atoms with Crippen molar-refractivity contribution in [2.24, 2.45) is 0 Å². The summed E-state index contributed by atoms with van der Waals surface area (Å²) in [5.41, 5.74) is 5.65. The summed E-state index contributed by atoms with van der Waals surface area (Å²) in [6, 6.07) is 1.48. The number of pyridine rings is 1. The molecule has 23 heavy (non-hydrogen) atoms. The first-order chi connectivity index (χ1) is 10.9. The zero-order chi connectivity index (χ0) is 16.4. The number of nitrogens with two attached hydrogens (primary N) is 1. The predicted octanol–water partition coefficient (Wildman–Crippen LogP) is -0.919. The van der Waals surface area contributed by atoms with Crippen LogP contribution in [0.4, 0.5) is 5.82 Å². The number of ether oxygens (including phenoxy) is 1. The van der Waals surface area contributed by atoms with Gasteiger partial charge in [-0.25, -0.2) is 9.55 Å². The van der Waals surface area contributed by atoms with Crippen molar-refractivity contribution in [1.82, 2.24) is 14.5 Å². The fraction of sp³-hybridized carbons (Fsp3) is 0.455. The van der Waals surface area contributed by atoms with Crippen molar-refractivity contribution in [2.75, 3.05) is 12.3 Å². The van der Waals surface area contributed by atoms with Gasteiger partial charge in [-0.15, -0.1) is 0 Å². The molecular formula is C11H13N4O7P. The van der Waals surface area contributed by atoms with Crippen molar-refractivity contribution in [3.05, 3.63) is 22.7 Å². The minimum Gasteiger partial charge on any atom is -0.386 e. The standard InChI is InChI=1S/C11H13N4O7P/c12-6-1-4-7(10(17)14-6)13-3-15(4)11-8(16)9-5(21-11)2-20-23(18,19)22-9/h1,3,5,8-9,11,16H,2H2,(H,18,19)(H3,12,14,17)/t5?,8-,9?,11-/m1/s1. The van der Waals surface area contributed by atoms with Crippen molar-refractivity contribution >= 4 is 24.7 Å². The molecular weight excluding hydrogens is 331 g/mol. The summed E-state index contributed by atoms with van der Waals surface area (Å²) in [6.07, 6.45) is -2.63. The maximum atomic E-state index is 11.8. The van der Waals surface area contributed by atoms with Crippen LogP contribution in [0.3, 0.4) is 0 Å². The highest BCUT2D eigenvalue weighted by molar-refractivity contribution is 7.47. The molecule has 124 valence electrons. The molecule has 2 aromatic heterocycles. The molecule has 12 heteroatoms. The van der Waals surface area contributed by atoms with Gasteiger partial charge in [0.05, 0.1) is 18.5 Å². The Bertz CT molecular complexity index is 879. The smallest absolute Gasteiger partial charge is 0.386 e. The van der Waals surface area contributed by atoms with E-state index in [0.717, 1.165) is 0 Å². The molecule has 3 unspecified atom stereocenters. The monoisotopic (exact) mass is 344 g/mol. The van der Waals surface area contributed by atoms with Gasteiger partial charge in [-0.3, -0.25) is 13.8 Å². The fourth-order valence-electron chi connectivity index (χ4n) is 2.83. The molecule has 4 rings (SSSR count). The third kappa shape index (κ3) is 2.29. The average Bonchev–Trinajstić information content (AvgIpc) is 3.00. The Labute approximate surface area is 128 Å². The number of imidazole rings is 1. The lowest BCUT2D eigenvalue weighted by Gasteiger charge is -2.27. The molecule has 0 spiro atoms. The number of phosphoric acid groups is 1. The second-order valence-electron chi connectivity index (χ2n) is 5.33. The van der Waals surface area contributed by atoms with Crippen LogP contribution < -0.4 is 11.3 Å². The summed E-state index contributed by atoms with van der Waals surface area (Å²) < 4.78 is 28.1. The van der Waals surface area contributed by atoms with Gasteiger partial charge in [0, 0.05) is 6.07 Å². The number of H-pyrrole nitrogens is 1. The number of hydrogen-bond donors (Lipinski definition) is 4. The van der Waals surface area contributed by atoms with Gasteiger partial charge in [-0.05, 0) is 0 Å². The van der Waals surface area contributed by atoms with Gasteiger partial charge in [0.2, 0.25) is 0 Å². The van der Waals surface area contributed by atoms with Gasteiger partial charge in [0.1, 0.15) is 24.1 Å². The Hall–Kier alpha value is -1.75. The van der Waals surface area contributed by atoms with Crippen molar-refractivity contribution in [3.8, 4) is 0 Å². The average molecular weight is 344 g/mol. The molecule has 2 aliphatic heterocycles. The van der Waals surface area contributed by atoms with Crippen LogP contribution in [0.1, 0.15) is 6.23 Å². The van der Waals surface area contributed by atoms with Crippen molar-refractivity contribution in [3.63, 3.8) is 0 Å². The van der Waals surface area contributed by atoms with Gasteiger partial charge in [-0.2, -0.15) is 0 Å². The number of aromatic amines is 1. The zero-order valence-corrected chi connectivity index (χ0v) is 12.4. The lowest BCUT2D eigenvalue weighted by molar-refractivity contribution is -0.0663. The molecule has 0 bridgehead atoms. The highest BCUT2D eigenvalue weighted by Crippen LogP contribution is 2.52. The molecule has 11 nitrogen and oxygen atoms in total. The van der Waals surface area contributed by atoms with Crippen molar-refractivity contribution < 1.29 is 28.3 Å². The van der Waals surface area contributed by atoms with Crippen LogP contribution in [-0.4, -0.2) is 49.5 Å². The zero-order valence-electron chi connectivity index (χ0n) is 11.5. The normalized spacial score (nSPS) is 37.1. The fourth-order valence-corrected chi connectivity index (χ4v) is 3.79. The number of phosphoric ester groups is 1. The summed E-state index contributed by atoms with van der Waals surface area (Å²) in [5, 5.41) is 10.4. The predicted molar refractivity (Wildman–Crippen MR) is 75.3 cm³/mol. The number of fused-ring (bicyclic) bond motifs is 2. The Morgan fingerprint density at radius 3 is 3.09 bits per heavy atom. The summed E-state index contributed by atoms with van der Waals surface area (Å²) >= 11 is 0. The van der Waals surface area contributed by atoms with E-state index in [2.05, 4.69) is 14.5 Å². The molecule has 5 atom stereocenters. The lowest BCUT2D eigenvalue weighted by atomic mass is 10.1. The van der Waals surface area contributed by atoms with Gasteiger partial charge >= 0.3 is 7.82 Å². The number of aromatic nitrogens is 3. The largest absolute Gasteiger partial charge is 0.472 e. The quantitative estimate of drug-likeness (QED) is 0.479. The third-order valence-electron chi connectivity index (χ3n) is 3.84. The molecule has 0 aliphatic carbocycles. The van der Waals surface area contributed by atoms with E-state index >= 15 is 0 Å². The summed E-state index contributed by atoms with van der Waals surface area (Å²) in [5.74, 6) is 0.133. The van der Waals surface area contributed by atoms with Crippen LogP contribution in [0.25, 0.3) is 11.0 Å². The number of rotatable bonds is 1. The van der Waals surface area contributed by atoms with Crippen LogP contribution >= 0.6 is 7.82 Å². The summed E-state index contributed by atoms with van der Waals surface area (Å²) in [6.45, 7) is -0.193. The number of aliphatic hydroxyl groups excluding tert-OH is 1. The summed E-state index contributed by atoms with van der Waals surface area (Å²) in [4.78, 5) is 27.6. The Balaban J connectivity index is 1.75. The molecule has 2 fully saturated rings. The minimum atomic E-state index is -4.20. The van der Waals surface area contributed by atoms with Crippen molar-refractivity contribution in [1.29, 1.82) is 0 Å². The Morgan fingerprint density at radius 2 is 2.30 bits per heavy atom. The molecule has 2 aliphatic rings. The third-order valence-corrected chi connectivity index (χ3v) is 4.82. The summed E-state index contributed by atoms with van der Waals surface area (Å²) in [7, 11) is -4.20. The molecule has 0 aromatic carbocycles. The van der Waals surface area contributed by atoms with Gasteiger partial charge in [0.25, 0.3) is 5.56 Å². The van der Waals surface area contributed by atoms with E-state index in [1.54, 1.807) is 0 Å². The first-order valence-corrected chi connectivity index (χ1v) is 8.20. The number of anilines is 1. The molecule has 2 aromatic rings. The van der Waals surface area contributed by atoms with E-state index in [-0.39, 0.29) is 17.9 Å². The SMILES string of the molecule is Nc1cc2c(ncn2[C@@H]2OC3COP(=O)(O)OC3[C@H]2O)c(=O)[nH]1. The molecule has 2 saturated heterocycles. The van der Waals surface area contributed by atoms with E-state index in [9.17, 15) is 19.4 Å². The van der Waals surface area contributed by atoms with Crippen LogP contribution in [0, 0.1) is 0 Å².